The maximum atomic E-state index is 6.03. The molecule has 1 N–H and O–H groups in total. The second kappa shape index (κ2) is 5.58. The second-order valence-electron chi connectivity index (χ2n) is 3.40. The van der Waals surface area contributed by atoms with Crippen molar-refractivity contribution in [2.45, 2.75) is 5.88 Å². The van der Waals surface area contributed by atoms with Crippen LogP contribution in [0.1, 0.15) is 5.56 Å². The standard InChI is InChI=1S/C12H9Cl3N2/c13-6-8-3-1-2-4-11(8)17-12-10(15)5-9(14)7-16-12/h1-5,7H,6H2,(H,16,17). The van der Waals surface area contributed by atoms with Crippen LogP contribution in [0.5, 0.6) is 0 Å². The Bertz CT molecular complexity index is 529. The minimum absolute atomic E-state index is 0.425. The molecule has 0 amide bonds. The topological polar surface area (TPSA) is 24.9 Å². The van der Waals surface area contributed by atoms with E-state index in [0.29, 0.717) is 21.7 Å². The van der Waals surface area contributed by atoms with Crippen LogP contribution in [0.15, 0.2) is 36.5 Å². The predicted octanol–water partition coefficient (Wildman–Crippen LogP) is 4.87. The van der Waals surface area contributed by atoms with E-state index < -0.39 is 0 Å². The lowest BCUT2D eigenvalue weighted by Crippen LogP contribution is -1.97. The molecule has 2 nitrogen and oxygen atoms in total. The number of alkyl halides is 1. The van der Waals surface area contributed by atoms with Crippen molar-refractivity contribution in [3.8, 4) is 0 Å². The first-order valence-corrected chi connectivity index (χ1v) is 6.21. The Balaban J connectivity index is 2.31. The summed E-state index contributed by atoms with van der Waals surface area (Å²) in [4.78, 5) is 4.13. The van der Waals surface area contributed by atoms with Gasteiger partial charge in [-0.25, -0.2) is 4.98 Å². The number of benzene rings is 1. The highest BCUT2D eigenvalue weighted by Gasteiger charge is 2.05. The Kier molecular flexibility index (Phi) is 4.11. The molecule has 0 bridgehead atoms. The highest BCUT2D eigenvalue weighted by atomic mass is 35.5. The number of nitrogens with one attached hydrogen (secondary N) is 1. The molecule has 88 valence electrons. The maximum Gasteiger partial charge on any atom is 0.149 e. The van der Waals surface area contributed by atoms with Crippen LogP contribution in [0.3, 0.4) is 0 Å². The Morgan fingerprint density at radius 3 is 2.65 bits per heavy atom. The summed E-state index contributed by atoms with van der Waals surface area (Å²) < 4.78 is 0. The average molecular weight is 288 g/mol. The molecule has 1 aromatic heterocycles. The van der Waals surface area contributed by atoms with Crippen molar-refractivity contribution in [1.82, 2.24) is 4.98 Å². The first-order chi connectivity index (χ1) is 8.20. The number of pyridine rings is 1. The van der Waals surface area contributed by atoms with Crippen LogP contribution in [-0.4, -0.2) is 4.98 Å². The van der Waals surface area contributed by atoms with E-state index in [2.05, 4.69) is 10.3 Å². The fourth-order valence-electron chi connectivity index (χ4n) is 1.39. The molecule has 0 saturated heterocycles. The number of para-hydroxylation sites is 1. The Hall–Kier alpha value is -0.960. The molecular weight excluding hydrogens is 279 g/mol. The monoisotopic (exact) mass is 286 g/mol. The molecule has 17 heavy (non-hydrogen) atoms. The summed E-state index contributed by atoms with van der Waals surface area (Å²) in [7, 11) is 0. The lowest BCUT2D eigenvalue weighted by Gasteiger charge is -2.10. The first kappa shape index (κ1) is 12.5. The summed E-state index contributed by atoms with van der Waals surface area (Å²) in [5.41, 5.74) is 1.88. The third-order valence-corrected chi connectivity index (χ3v) is 3.00. The van der Waals surface area contributed by atoms with Crippen LogP contribution in [0.4, 0.5) is 11.5 Å². The molecule has 1 heterocycles. The van der Waals surface area contributed by atoms with E-state index in [0.717, 1.165) is 11.3 Å². The van der Waals surface area contributed by atoms with Gasteiger partial charge in [-0.2, -0.15) is 0 Å². The van der Waals surface area contributed by atoms with Gasteiger partial charge in [0.15, 0.2) is 0 Å². The number of halogens is 3. The number of hydrogen-bond donors (Lipinski definition) is 1. The van der Waals surface area contributed by atoms with E-state index in [1.54, 1.807) is 12.3 Å². The van der Waals surface area contributed by atoms with E-state index in [9.17, 15) is 0 Å². The molecule has 5 heteroatoms. The lowest BCUT2D eigenvalue weighted by molar-refractivity contribution is 1.29. The average Bonchev–Trinajstić information content (AvgIpc) is 2.33. The molecule has 1 aromatic carbocycles. The zero-order chi connectivity index (χ0) is 12.3. The number of rotatable bonds is 3. The fourth-order valence-corrected chi connectivity index (χ4v) is 2.05. The van der Waals surface area contributed by atoms with E-state index >= 15 is 0 Å². The van der Waals surface area contributed by atoms with Gasteiger partial charge in [0.25, 0.3) is 0 Å². The summed E-state index contributed by atoms with van der Waals surface area (Å²) in [5, 5.41) is 4.11. The lowest BCUT2D eigenvalue weighted by atomic mass is 10.2. The molecule has 0 aliphatic carbocycles. The van der Waals surface area contributed by atoms with Crippen LogP contribution in [-0.2, 0) is 5.88 Å². The number of aromatic nitrogens is 1. The molecular formula is C12H9Cl3N2. The van der Waals surface area contributed by atoms with E-state index in [4.69, 9.17) is 34.8 Å². The Morgan fingerprint density at radius 1 is 1.18 bits per heavy atom. The molecule has 2 aromatic rings. The van der Waals surface area contributed by atoms with Crippen molar-refractivity contribution in [2.24, 2.45) is 0 Å². The normalized spacial score (nSPS) is 10.3. The van der Waals surface area contributed by atoms with Gasteiger partial charge < -0.3 is 5.32 Å². The van der Waals surface area contributed by atoms with Crippen molar-refractivity contribution in [1.29, 1.82) is 0 Å². The molecule has 0 saturated carbocycles. The van der Waals surface area contributed by atoms with Gasteiger partial charge in [0.2, 0.25) is 0 Å². The zero-order valence-electron chi connectivity index (χ0n) is 8.75. The van der Waals surface area contributed by atoms with Crippen LogP contribution >= 0.6 is 34.8 Å². The zero-order valence-corrected chi connectivity index (χ0v) is 11.0. The second-order valence-corrected chi connectivity index (χ2v) is 4.51. The summed E-state index contributed by atoms with van der Waals surface area (Å²) >= 11 is 17.7. The summed E-state index contributed by atoms with van der Waals surface area (Å²) in [6.45, 7) is 0. The summed E-state index contributed by atoms with van der Waals surface area (Å²) in [5.74, 6) is 0.989. The minimum atomic E-state index is 0.425. The quantitative estimate of drug-likeness (QED) is 0.815. The van der Waals surface area contributed by atoms with E-state index in [-0.39, 0.29) is 0 Å². The number of nitrogens with zero attached hydrogens (tertiary/aromatic N) is 1. The maximum absolute atomic E-state index is 6.03. The SMILES string of the molecule is ClCc1ccccc1Nc1ncc(Cl)cc1Cl. The van der Waals surface area contributed by atoms with Crippen LogP contribution in [0, 0.1) is 0 Å². The van der Waals surface area contributed by atoms with Crippen molar-refractivity contribution < 1.29 is 0 Å². The van der Waals surface area contributed by atoms with Gasteiger partial charge in [0.05, 0.1) is 10.0 Å². The summed E-state index contributed by atoms with van der Waals surface area (Å²) in [6, 6.07) is 9.35. The van der Waals surface area contributed by atoms with E-state index in [1.165, 1.54) is 0 Å². The predicted molar refractivity (Wildman–Crippen MR) is 73.5 cm³/mol. The van der Waals surface area contributed by atoms with Crippen molar-refractivity contribution in [3.63, 3.8) is 0 Å². The molecule has 0 fully saturated rings. The third-order valence-electron chi connectivity index (χ3n) is 2.22. The van der Waals surface area contributed by atoms with Gasteiger partial charge in [0, 0.05) is 17.8 Å². The minimum Gasteiger partial charge on any atom is -0.339 e. The van der Waals surface area contributed by atoms with Crippen molar-refractivity contribution >= 4 is 46.3 Å². The van der Waals surface area contributed by atoms with Crippen molar-refractivity contribution in [3.05, 3.63) is 52.1 Å². The van der Waals surface area contributed by atoms with Gasteiger partial charge in [-0.15, -0.1) is 11.6 Å². The molecule has 0 aliphatic heterocycles. The van der Waals surface area contributed by atoms with Gasteiger partial charge in [-0.3, -0.25) is 0 Å². The number of anilines is 2. The third kappa shape index (κ3) is 3.03. The molecule has 0 aliphatic rings. The molecule has 0 unspecified atom stereocenters. The van der Waals surface area contributed by atoms with Crippen molar-refractivity contribution in [2.75, 3.05) is 5.32 Å². The number of hydrogen-bond acceptors (Lipinski definition) is 2. The smallest absolute Gasteiger partial charge is 0.149 e. The summed E-state index contributed by atoms with van der Waals surface area (Å²) in [6.07, 6.45) is 1.54. The largest absolute Gasteiger partial charge is 0.339 e. The molecule has 0 radical (unpaired) electrons. The molecule has 0 spiro atoms. The fraction of sp³-hybridized carbons (Fsp3) is 0.0833. The molecule has 2 rings (SSSR count). The van der Waals surface area contributed by atoms with E-state index in [1.807, 2.05) is 24.3 Å². The Morgan fingerprint density at radius 2 is 1.94 bits per heavy atom. The van der Waals surface area contributed by atoms with Gasteiger partial charge >= 0.3 is 0 Å². The van der Waals surface area contributed by atoms with Gasteiger partial charge in [0.1, 0.15) is 5.82 Å². The first-order valence-electron chi connectivity index (χ1n) is 4.92. The van der Waals surface area contributed by atoms with Crippen LogP contribution in [0.25, 0.3) is 0 Å². The Labute approximate surface area is 115 Å². The molecule has 0 atom stereocenters. The van der Waals surface area contributed by atoms with Gasteiger partial charge in [-0.1, -0.05) is 41.4 Å². The highest BCUT2D eigenvalue weighted by molar-refractivity contribution is 6.36. The van der Waals surface area contributed by atoms with Crippen LogP contribution in [0.2, 0.25) is 10.0 Å². The van der Waals surface area contributed by atoms with Gasteiger partial charge in [-0.05, 0) is 17.7 Å². The highest BCUT2D eigenvalue weighted by Crippen LogP contribution is 2.27. The van der Waals surface area contributed by atoms with Crippen LogP contribution < -0.4 is 5.32 Å².